The number of benzene rings is 1. The Hall–Kier alpha value is -2.43. The summed E-state index contributed by atoms with van der Waals surface area (Å²) in [7, 11) is 0. The summed E-state index contributed by atoms with van der Waals surface area (Å²) in [6, 6.07) is 8.19. The summed E-state index contributed by atoms with van der Waals surface area (Å²) < 4.78 is 5.46. The van der Waals surface area contributed by atoms with Gasteiger partial charge in [-0.2, -0.15) is 4.37 Å². The molecule has 0 aliphatic carbocycles. The van der Waals surface area contributed by atoms with Crippen molar-refractivity contribution in [3.8, 4) is 11.3 Å². The van der Waals surface area contributed by atoms with Crippen molar-refractivity contribution >= 4 is 55.9 Å². The monoisotopic (exact) mass is 428 g/mol. The highest BCUT2D eigenvalue weighted by Gasteiger charge is 2.16. The van der Waals surface area contributed by atoms with Gasteiger partial charge >= 0.3 is 0 Å². The van der Waals surface area contributed by atoms with Crippen LogP contribution < -0.4 is 5.32 Å². The van der Waals surface area contributed by atoms with Crippen molar-refractivity contribution in [3.63, 3.8) is 0 Å². The van der Waals surface area contributed by atoms with Gasteiger partial charge in [-0.05, 0) is 24.9 Å². The van der Waals surface area contributed by atoms with Crippen LogP contribution in [0.3, 0.4) is 0 Å². The van der Waals surface area contributed by atoms with Crippen LogP contribution in [0.4, 0.5) is 5.13 Å². The predicted molar refractivity (Wildman–Crippen MR) is 114 cm³/mol. The molecule has 3 heterocycles. The van der Waals surface area contributed by atoms with Gasteiger partial charge in [-0.25, -0.2) is 9.97 Å². The molecule has 0 saturated carbocycles. The lowest BCUT2D eigenvalue weighted by atomic mass is 10.1. The van der Waals surface area contributed by atoms with Gasteiger partial charge in [-0.15, -0.1) is 10.2 Å². The van der Waals surface area contributed by atoms with Crippen molar-refractivity contribution in [1.29, 1.82) is 0 Å². The van der Waals surface area contributed by atoms with E-state index in [-0.39, 0.29) is 11.7 Å². The first-order valence-electron chi connectivity index (χ1n) is 8.56. The van der Waals surface area contributed by atoms with Crippen molar-refractivity contribution in [2.75, 3.05) is 11.1 Å². The fourth-order valence-electron chi connectivity index (χ4n) is 2.48. The Balaban J connectivity index is 1.50. The summed E-state index contributed by atoms with van der Waals surface area (Å²) in [4.78, 5) is 21.0. The van der Waals surface area contributed by atoms with E-state index in [0.717, 1.165) is 37.9 Å². The average molecular weight is 429 g/mol. The zero-order valence-electron chi connectivity index (χ0n) is 15.2. The molecule has 0 unspecified atom stereocenters. The van der Waals surface area contributed by atoms with Crippen LogP contribution in [0.25, 0.3) is 21.5 Å². The Bertz CT molecular complexity index is 1120. The van der Waals surface area contributed by atoms with Crippen LogP contribution in [0, 0.1) is 6.92 Å². The van der Waals surface area contributed by atoms with Crippen LogP contribution in [-0.4, -0.2) is 36.2 Å². The molecule has 4 aromatic rings. The number of carbonyl (C=O) groups excluding carboxylic acids is 1. The molecule has 0 fully saturated rings. The summed E-state index contributed by atoms with van der Waals surface area (Å²) in [5.74, 6) is 0.0871. The molecule has 3 aromatic heterocycles. The normalized spacial score (nSPS) is 11.1. The molecule has 1 N–H and O–H groups in total. The summed E-state index contributed by atoms with van der Waals surface area (Å²) >= 11 is 4.11. The summed E-state index contributed by atoms with van der Waals surface area (Å²) in [6.07, 6.45) is 2.32. The Kier molecular flexibility index (Phi) is 5.60. The molecular weight excluding hydrogens is 412 g/mol. The first kappa shape index (κ1) is 18.9. The third-order valence-electron chi connectivity index (χ3n) is 3.90. The topological polar surface area (TPSA) is 93.6 Å². The molecule has 0 saturated heterocycles. The molecule has 0 bridgehead atoms. The largest absolute Gasteiger partial charge is 0.300 e. The fraction of sp³-hybridized carbons (Fsp3) is 0.222. The van der Waals surface area contributed by atoms with E-state index in [4.69, 9.17) is 0 Å². The number of nitrogens with zero attached hydrogens (tertiary/aromatic N) is 5. The van der Waals surface area contributed by atoms with Gasteiger partial charge in [0.15, 0.2) is 0 Å². The summed E-state index contributed by atoms with van der Waals surface area (Å²) in [5, 5.41) is 12.9. The zero-order chi connectivity index (χ0) is 19.5. The predicted octanol–water partition coefficient (Wildman–Crippen LogP) is 4.21. The van der Waals surface area contributed by atoms with Crippen LogP contribution >= 0.6 is 34.6 Å². The average Bonchev–Trinajstić information content (AvgIpc) is 3.34. The maximum absolute atomic E-state index is 12.2. The SMILES string of the molecule is CCc1nnc(NC(=O)CSc2ncnc3c(-c4ccc(C)cc4)nsc23)s1. The van der Waals surface area contributed by atoms with E-state index in [1.807, 2.05) is 19.1 Å². The second-order valence-corrected chi connectivity index (χ2v) is 8.74. The molecule has 0 radical (unpaired) electrons. The molecule has 0 atom stereocenters. The van der Waals surface area contributed by atoms with E-state index in [0.29, 0.717) is 5.13 Å². The molecule has 1 aromatic carbocycles. The molecule has 142 valence electrons. The molecule has 7 nitrogen and oxygen atoms in total. The minimum atomic E-state index is -0.140. The van der Waals surface area contributed by atoms with Gasteiger partial charge in [0.2, 0.25) is 11.0 Å². The second-order valence-electron chi connectivity index (χ2n) is 5.95. The van der Waals surface area contributed by atoms with Gasteiger partial charge in [0, 0.05) is 5.56 Å². The van der Waals surface area contributed by atoms with Gasteiger partial charge < -0.3 is 0 Å². The van der Waals surface area contributed by atoms with Crippen LogP contribution in [0.2, 0.25) is 0 Å². The number of carbonyl (C=O) groups is 1. The van der Waals surface area contributed by atoms with E-state index in [9.17, 15) is 4.79 Å². The fourth-order valence-corrected chi connectivity index (χ4v) is 4.90. The highest BCUT2D eigenvalue weighted by atomic mass is 32.2. The minimum Gasteiger partial charge on any atom is -0.300 e. The number of rotatable bonds is 6. The number of amides is 1. The Morgan fingerprint density at radius 3 is 2.75 bits per heavy atom. The van der Waals surface area contributed by atoms with E-state index < -0.39 is 0 Å². The number of aromatic nitrogens is 5. The molecule has 0 aliphatic rings. The number of hydrogen-bond donors (Lipinski definition) is 1. The summed E-state index contributed by atoms with van der Waals surface area (Å²) in [6.45, 7) is 4.05. The van der Waals surface area contributed by atoms with Gasteiger partial charge in [0.25, 0.3) is 0 Å². The highest BCUT2D eigenvalue weighted by Crippen LogP contribution is 2.34. The Morgan fingerprint density at radius 2 is 2.00 bits per heavy atom. The second kappa shape index (κ2) is 8.29. The van der Waals surface area contributed by atoms with E-state index in [2.05, 4.69) is 48.9 Å². The molecule has 0 aliphatic heterocycles. The summed E-state index contributed by atoms with van der Waals surface area (Å²) in [5.41, 5.74) is 3.87. The van der Waals surface area contributed by atoms with Crippen molar-refractivity contribution in [3.05, 3.63) is 41.2 Å². The molecule has 0 spiro atoms. The molecule has 28 heavy (non-hydrogen) atoms. The molecule has 1 amide bonds. The number of aryl methyl sites for hydroxylation is 2. The lowest BCUT2D eigenvalue weighted by Crippen LogP contribution is -2.13. The van der Waals surface area contributed by atoms with E-state index in [1.165, 1.54) is 46.5 Å². The maximum atomic E-state index is 12.2. The maximum Gasteiger partial charge on any atom is 0.236 e. The Labute approximate surface area is 173 Å². The van der Waals surface area contributed by atoms with Crippen LogP contribution in [-0.2, 0) is 11.2 Å². The van der Waals surface area contributed by atoms with Gasteiger partial charge in [0.1, 0.15) is 32.3 Å². The van der Waals surface area contributed by atoms with Crippen LogP contribution in [0.5, 0.6) is 0 Å². The van der Waals surface area contributed by atoms with E-state index in [1.54, 1.807) is 0 Å². The highest BCUT2D eigenvalue weighted by molar-refractivity contribution is 8.00. The third kappa shape index (κ3) is 4.03. The third-order valence-corrected chi connectivity index (χ3v) is 6.85. The minimum absolute atomic E-state index is 0.140. The lowest BCUT2D eigenvalue weighted by molar-refractivity contribution is -0.113. The number of anilines is 1. The molecular formula is C18H16N6OS3. The van der Waals surface area contributed by atoms with Crippen molar-refractivity contribution in [1.82, 2.24) is 24.5 Å². The van der Waals surface area contributed by atoms with Gasteiger partial charge in [-0.3, -0.25) is 10.1 Å². The lowest BCUT2D eigenvalue weighted by Gasteiger charge is -2.02. The standard InChI is InChI=1S/C18H16N6OS3/c1-3-13-22-23-18(27-13)21-12(25)8-26-17-16-15(19-9-20-17)14(24-28-16)11-6-4-10(2)5-7-11/h4-7,9H,3,8H2,1-2H3,(H,21,23,25). The number of hydrogen-bond acceptors (Lipinski definition) is 9. The first-order chi connectivity index (χ1) is 13.6. The first-order valence-corrected chi connectivity index (χ1v) is 11.1. The number of nitrogens with one attached hydrogen (secondary N) is 1. The molecule has 10 heteroatoms. The van der Waals surface area contributed by atoms with Gasteiger partial charge in [0.05, 0.1) is 5.75 Å². The number of thioether (sulfide) groups is 1. The van der Waals surface area contributed by atoms with Crippen LogP contribution in [0.1, 0.15) is 17.5 Å². The van der Waals surface area contributed by atoms with Crippen molar-refractivity contribution < 1.29 is 4.79 Å². The van der Waals surface area contributed by atoms with Gasteiger partial charge in [-0.1, -0.05) is 59.9 Å². The van der Waals surface area contributed by atoms with E-state index >= 15 is 0 Å². The zero-order valence-corrected chi connectivity index (χ0v) is 17.6. The Morgan fingerprint density at radius 1 is 1.18 bits per heavy atom. The molecule has 4 rings (SSSR count). The quantitative estimate of drug-likeness (QED) is 0.363. The van der Waals surface area contributed by atoms with Crippen molar-refractivity contribution in [2.45, 2.75) is 25.3 Å². The smallest absolute Gasteiger partial charge is 0.236 e. The number of fused-ring (bicyclic) bond motifs is 1. The van der Waals surface area contributed by atoms with Crippen molar-refractivity contribution in [2.24, 2.45) is 0 Å². The van der Waals surface area contributed by atoms with Crippen LogP contribution in [0.15, 0.2) is 35.6 Å².